The van der Waals surface area contributed by atoms with Crippen molar-refractivity contribution in [2.45, 2.75) is 19.9 Å². The molecule has 1 amide bonds. The summed E-state index contributed by atoms with van der Waals surface area (Å²) >= 11 is 0. The fourth-order valence-corrected chi connectivity index (χ4v) is 3.61. The summed E-state index contributed by atoms with van der Waals surface area (Å²) in [5.74, 6) is -3.11. The van der Waals surface area contributed by atoms with Gasteiger partial charge in [-0.05, 0) is 0 Å². The van der Waals surface area contributed by atoms with Crippen LogP contribution in [-0.2, 0) is 19.2 Å². The zero-order valence-electron chi connectivity index (χ0n) is 20.2. The van der Waals surface area contributed by atoms with Gasteiger partial charge in [-0.3, -0.25) is 38.8 Å². The highest BCUT2D eigenvalue weighted by molar-refractivity contribution is 5.78. The molecule has 1 aliphatic rings. The quantitative estimate of drug-likeness (QED) is 0.185. The van der Waals surface area contributed by atoms with Crippen LogP contribution in [0.3, 0.4) is 0 Å². The number of carboxylic acid groups (broad SMARTS) is 3. The van der Waals surface area contributed by atoms with Gasteiger partial charge >= 0.3 is 17.9 Å². The number of carbonyl (C=O) groups excluding carboxylic acids is 1. The summed E-state index contributed by atoms with van der Waals surface area (Å²) in [6.07, 6.45) is 0. The van der Waals surface area contributed by atoms with Gasteiger partial charge in [-0.2, -0.15) is 0 Å². The van der Waals surface area contributed by atoms with E-state index in [0.29, 0.717) is 71.5 Å². The van der Waals surface area contributed by atoms with Crippen LogP contribution in [0.2, 0.25) is 0 Å². The molecule has 0 radical (unpaired) electrons. The number of nitrogens with zero attached hydrogens (tertiary/aromatic N) is 4. The molecule has 13 nitrogen and oxygen atoms in total. The van der Waals surface area contributed by atoms with E-state index in [1.807, 2.05) is 18.7 Å². The topological polar surface area (TPSA) is 166 Å². The minimum absolute atomic E-state index is 0.120. The molecule has 0 atom stereocenters. The van der Waals surface area contributed by atoms with Crippen LogP contribution in [0.25, 0.3) is 0 Å². The van der Waals surface area contributed by atoms with Crippen LogP contribution in [0.4, 0.5) is 0 Å². The standard InChI is InChI=1S/C21H40N6O7/c1-17(2)22-3-4-23-18(28)13-24-5-7-25(14-19(29)30)9-11-27(16-21(33)34)12-10-26(8-6-24)15-20(31)32/h17,22H,3-16H2,1-2H3,(H,23,28)(H,29,30)(H,31,32)(H,33,34). The van der Waals surface area contributed by atoms with Crippen molar-refractivity contribution in [3.05, 3.63) is 0 Å². The van der Waals surface area contributed by atoms with E-state index in [2.05, 4.69) is 10.6 Å². The lowest BCUT2D eigenvalue weighted by Crippen LogP contribution is -2.50. The Morgan fingerprint density at radius 3 is 1.24 bits per heavy atom. The van der Waals surface area contributed by atoms with Crippen molar-refractivity contribution in [3.63, 3.8) is 0 Å². The normalized spacial score (nSPS) is 18.2. The summed E-state index contributed by atoms with van der Waals surface area (Å²) in [5, 5.41) is 33.8. The summed E-state index contributed by atoms with van der Waals surface area (Å²) in [5.41, 5.74) is 0. The Balaban J connectivity index is 2.84. The molecule has 1 heterocycles. The van der Waals surface area contributed by atoms with Gasteiger partial charge in [-0.15, -0.1) is 0 Å². The zero-order chi connectivity index (χ0) is 25.5. The third kappa shape index (κ3) is 14.8. The minimum Gasteiger partial charge on any atom is -0.480 e. The minimum atomic E-state index is -0.998. The molecule has 13 heteroatoms. The van der Waals surface area contributed by atoms with Crippen molar-refractivity contribution >= 4 is 23.8 Å². The first-order valence-electron chi connectivity index (χ1n) is 11.6. The first kappa shape index (κ1) is 29.7. The van der Waals surface area contributed by atoms with Gasteiger partial charge in [0.1, 0.15) is 0 Å². The van der Waals surface area contributed by atoms with Crippen molar-refractivity contribution in [1.82, 2.24) is 30.2 Å². The number of carbonyl (C=O) groups is 4. The average Bonchev–Trinajstić information content (AvgIpc) is 2.71. The lowest BCUT2D eigenvalue weighted by molar-refractivity contribution is -0.140. The van der Waals surface area contributed by atoms with Crippen molar-refractivity contribution in [1.29, 1.82) is 0 Å². The highest BCUT2D eigenvalue weighted by Crippen LogP contribution is 2.01. The maximum atomic E-state index is 12.4. The number of hydrogen-bond donors (Lipinski definition) is 5. The second-order valence-corrected chi connectivity index (χ2v) is 8.74. The zero-order valence-corrected chi connectivity index (χ0v) is 20.2. The Labute approximate surface area is 200 Å². The summed E-state index contributed by atoms with van der Waals surface area (Å²) in [6.45, 7) is 7.69. The van der Waals surface area contributed by atoms with E-state index in [1.54, 1.807) is 14.7 Å². The van der Waals surface area contributed by atoms with Crippen LogP contribution in [-0.4, -0.2) is 156 Å². The molecule has 0 saturated carbocycles. The molecule has 0 aromatic heterocycles. The molecule has 1 saturated heterocycles. The Bertz CT molecular complexity index is 632. The number of aliphatic carboxylic acids is 3. The predicted octanol–water partition coefficient (Wildman–Crippen LogP) is -2.42. The maximum Gasteiger partial charge on any atom is 0.317 e. The van der Waals surface area contributed by atoms with Gasteiger partial charge in [-0.25, -0.2) is 0 Å². The molecule has 0 bridgehead atoms. The second-order valence-electron chi connectivity index (χ2n) is 8.74. The van der Waals surface area contributed by atoms with E-state index >= 15 is 0 Å². The van der Waals surface area contributed by atoms with Gasteiger partial charge in [0.2, 0.25) is 5.91 Å². The van der Waals surface area contributed by atoms with Crippen LogP contribution >= 0.6 is 0 Å². The highest BCUT2D eigenvalue weighted by atomic mass is 16.4. The number of rotatable bonds is 12. The average molecular weight is 489 g/mol. The van der Waals surface area contributed by atoms with E-state index < -0.39 is 17.9 Å². The third-order valence-electron chi connectivity index (χ3n) is 5.37. The fourth-order valence-electron chi connectivity index (χ4n) is 3.61. The van der Waals surface area contributed by atoms with Gasteiger partial charge in [0.15, 0.2) is 0 Å². The Morgan fingerprint density at radius 2 is 0.941 bits per heavy atom. The molecule has 0 aromatic rings. The SMILES string of the molecule is CC(C)NCCNC(=O)CN1CCN(CC(=O)O)CCN(CC(=O)O)CCN(CC(=O)O)CC1. The molecule has 0 aromatic carbocycles. The lowest BCUT2D eigenvalue weighted by atomic mass is 10.3. The van der Waals surface area contributed by atoms with E-state index in [-0.39, 0.29) is 32.1 Å². The summed E-state index contributed by atoms with van der Waals surface area (Å²) < 4.78 is 0. The van der Waals surface area contributed by atoms with Gasteiger partial charge in [0.25, 0.3) is 0 Å². The summed E-state index contributed by atoms with van der Waals surface area (Å²) in [7, 11) is 0. The first-order valence-corrected chi connectivity index (χ1v) is 11.6. The van der Waals surface area contributed by atoms with Gasteiger partial charge in [0, 0.05) is 71.5 Å². The van der Waals surface area contributed by atoms with Crippen LogP contribution in [0.15, 0.2) is 0 Å². The number of nitrogens with one attached hydrogen (secondary N) is 2. The van der Waals surface area contributed by atoms with Crippen molar-refractivity contribution < 1.29 is 34.5 Å². The Hall–Kier alpha value is -2.32. The van der Waals surface area contributed by atoms with Crippen LogP contribution < -0.4 is 10.6 Å². The van der Waals surface area contributed by atoms with E-state index in [4.69, 9.17) is 0 Å². The van der Waals surface area contributed by atoms with Crippen LogP contribution in [0.5, 0.6) is 0 Å². The van der Waals surface area contributed by atoms with E-state index in [0.717, 1.165) is 0 Å². The molecule has 0 unspecified atom stereocenters. The van der Waals surface area contributed by atoms with Gasteiger partial charge in [-0.1, -0.05) is 13.8 Å². The largest absolute Gasteiger partial charge is 0.480 e. The van der Waals surface area contributed by atoms with E-state index in [9.17, 15) is 34.5 Å². The third-order valence-corrected chi connectivity index (χ3v) is 5.37. The molecule has 1 fully saturated rings. The molecule has 196 valence electrons. The van der Waals surface area contributed by atoms with Gasteiger partial charge < -0.3 is 26.0 Å². The van der Waals surface area contributed by atoms with Crippen molar-refractivity contribution in [2.75, 3.05) is 91.6 Å². The number of carboxylic acids is 3. The summed E-state index contributed by atoms with van der Waals surface area (Å²) in [6, 6.07) is 0.318. The van der Waals surface area contributed by atoms with Crippen LogP contribution in [0, 0.1) is 0 Å². The molecule has 5 N–H and O–H groups in total. The highest BCUT2D eigenvalue weighted by Gasteiger charge is 2.21. The molecule has 1 rings (SSSR count). The Morgan fingerprint density at radius 1 is 0.618 bits per heavy atom. The smallest absolute Gasteiger partial charge is 0.317 e. The summed E-state index contributed by atoms with van der Waals surface area (Å²) in [4.78, 5) is 53.3. The molecule has 1 aliphatic heterocycles. The van der Waals surface area contributed by atoms with Crippen molar-refractivity contribution in [2.24, 2.45) is 0 Å². The maximum absolute atomic E-state index is 12.4. The molecule has 0 aliphatic carbocycles. The number of hydrogen-bond acceptors (Lipinski definition) is 9. The molecule has 0 spiro atoms. The Kier molecular flexibility index (Phi) is 14.3. The van der Waals surface area contributed by atoms with Crippen LogP contribution in [0.1, 0.15) is 13.8 Å². The lowest BCUT2D eigenvalue weighted by Gasteiger charge is -2.32. The van der Waals surface area contributed by atoms with E-state index in [1.165, 1.54) is 0 Å². The predicted molar refractivity (Wildman–Crippen MR) is 125 cm³/mol. The fraction of sp³-hybridized carbons (Fsp3) is 0.810. The second kappa shape index (κ2) is 16.3. The first-order chi connectivity index (χ1) is 16.0. The van der Waals surface area contributed by atoms with Crippen molar-refractivity contribution in [3.8, 4) is 0 Å². The molecular weight excluding hydrogens is 448 g/mol. The number of amides is 1. The van der Waals surface area contributed by atoms with Gasteiger partial charge in [0.05, 0.1) is 26.2 Å². The molecule has 34 heavy (non-hydrogen) atoms. The molecular formula is C21H40N6O7. The monoisotopic (exact) mass is 488 g/mol.